The molecule has 0 bridgehead atoms. The molecular formula is C15H13FN2O2. The average molecular weight is 272 g/mol. The zero-order chi connectivity index (χ0) is 13.9. The number of nitrogens with zero attached hydrogens (tertiary/aromatic N) is 2. The highest BCUT2D eigenvalue weighted by Gasteiger charge is 2.06. The van der Waals surface area contributed by atoms with Crippen LogP contribution >= 0.6 is 0 Å². The summed E-state index contributed by atoms with van der Waals surface area (Å²) in [5, 5.41) is 8.70. The summed E-state index contributed by atoms with van der Waals surface area (Å²) >= 11 is 0. The summed E-state index contributed by atoms with van der Waals surface area (Å²) in [7, 11) is 0. The topological polar surface area (TPSA) is 47.3 Å². The lowest BCUT2D eigenvalue weighted by molar-refractivity contribution is 0.201. The Kier molecular flexibility index (Phi) is 3.35. The summed E-state index contributed by atoms with van der Waals surface area (Å²) in [6.07, 6.45) is 1.66. The van der Waals surface area contributed by atoms with Gasteiger partial charge in [-0.3, -0.25) is 4.57 Å². The van der Waals surface area contributed by atoms with E-state index in [9.17, 15) is 4.39 Å². The molecule has 0 fully saturated rings. The highest BCUT2D eigenvalue weighted by Crippen LogP contribution is 2.21. The average Bonchev–Trinajstić information content (AvgIpc) is 2.88. The molecule has 20 heavy (non-hydrogen) atoms. The van der Waals surface area contributed by atoms with Gasteiger partial charge in [0, 0.05) is 11.8 Å². The van der Waals surface area contributed by atoms with E-state index >= 15 is 0 Å². The number of imidazole rings is 1. The Labute approximate surface area is 115 Å². The zero-order valence-corrected chi connectivity index (χ0v) is 10.7. The first kappa shape index (κ1) is 12.6. The molecule has 102 valence electrons. The first-order valence-electron chi connectivity index (χ1n) is 6.24. The van der Waals surface area contributed by atoms with Gasteiger partial charge in [0.15, 0.2) is 0 Å². The third-order valence-electron chi connectivity index (χ3n) is 2.98. The Morgan fingerprint density at radius 3 is 2.70 bits per heavy atom. The number of aromatic nitrogens is 2. The van der Waals surface area contributed by atoms with E-state index < -0.39 is 0 Å². The molecule has 0 unspecified atom stereocenters. The fourth-order valence-corrected chi connectivity index (χ4v) is 2.05. The van der Waals surface area contributed by atoms with E-state index in [-0.39, 0.29) is 19.0 Å². The van der Waals surface area contributed by atoms with Crippen LogP contribution < -0.4 is 4.74 Å². The van der Waals surface area contributed by atoms with Gasteiger partial charge < -0.3 is 9.84 Å². The van der Waals surface area contributed by atoms with E-state index in [0.29, 0.717) is 11.3 Å². The molecule has 0 radical (unpaired) electrons. The van der Waals surface area contributed by atoms with Gasteiger partial charge in [0.25, 0.3) is 0 Å². The molecule has 4 nitrogen and oxygen atoms in total. The van der Waals surface area contributed by atoms with Crippen LogP contribution in [0.3, 0.4) is 0 Å². The van der Waals surface area contributed by atoms with Crippen LogP contribution in [0.5, 0.6) is 5.75 Å². The van der Waals surface area contributed by atoms with E-state index in [1.165, 1.54) is 12.1 Å². The van der Waals surface area contributed by atoms with Crippen molar-refractivity contribution < 1.29 is 14.2 Å². The van der Waals surface area contributed by atoms with Gasteiger partial charge in [0.05, 0.1) is 17.6 Å². The second kappa shape index (κ2) is 5.30. The Morgan fingerprint density at radius 2 is 1.95 bits per heavy atom. The third kappa shape index (κ3) is 2.35. The lowest BCUT2D eigenvalue weighted by Crippen LogP contribution is -2.01. The Balaban J connectivity index is 1.96. The minimum Gasteiger partial charge on any atom is -0.491 e. The number of benzene rings is 2. The lowest BCUT2D eigenvalue weighted by atomic mass is 10.2. The van der Waals surface area contributed by atoms with Crippen molar-refractivity contribution in [2.24, 2.45) is 0 Å². The summed E-state index contributed by atoms with van der Waals surface area (Å²) in [6.45, 7) is 0.242. The minimum atomic E-state index is -0.290. The number of halogens is 1. The Morgan fingerprint density at radius 1 is 1.15 bits per heavy atom. The molecule has 0 aliphatic rings. The van der Waals surface area contributed by atoms with Crippen molar-refractivity contribution >= 4 is 11.0 Å². The van der Waals surface area contributed by atoms with Crippen LogP contribution in [-0.4, -0.2) is 27.9 Å². The molecule has 0 spiro atoms. The predicted molar refractivity (Wildman–Crippen MR) is 73.6 cm³/mol. The van der Waals surface area contributed by atoms with Crippen LogP contribution in [0.25, 0.3) is 16.7 Å². The summed E-state index contributed by atoms with van der Waals surface area (Å²) in [4.78, 5) is 4.24. The maximum Gasteiger partial charge on any atom is 0.125 e. The number of aliphatic hydroxyl groups excluding tert-OH is 1. The zero-order valence-electron chi connectivity index (χ0n) is 10.7. The molecule has 0 saturated carbocycles. The van der Waals surface area contributed by atoms with Gasteiger partial charge >= 0.3 is 0 Å². The Bertz CT molecular complexity index is 722. The van der Waals surface area contributed by atoms with Crippen molar-refractivity contribution in [1.29, 1.82) is 0 Å². The molecule has 0 saturated heterocycles. The number of hydrogen-bond donors (Lipinski definition) is 1. The smallest absolute Gasteiger partial charge is 0.125 e. The molecule has 0 atom stereocenters. The van der Waals surface area contributed by atoms with Crippen molar-refractivity contribution in [2.75, 3.05) is 13.2 Å². The molecule has 1 aromatic heterocycles. The number of rotatable bonds is 4. The van der Waals surface area contributed by atoms with Crippen molar-refractivity contribution in [1.82, 2.24) is 9.55 Å². The molecular weight excluding hydrogens is 259 g/mol. The standard InChI is InChI=1S/C15H13FN2O2/c16-11-1-6-14-15(9-11)18(10-17-14)12-2-4-13(5-3-12)20-8-7-19/h1-6,9-10,19H,7-8H2. The van der Waals surface area contributed by atoms with E-state index in [2.05, 4.69) is 4.98 Å². The molecule has 5 heteroatoms. The maximum absolute atomic E-state index is 13.3. The first-order valence-corrected chi connectivity index (χ1v) is 6.24. The summed E-state index contributed by atoms with van der Waals surface area (Å²) in [5.41, 5.74) is 2.33. The Hall–Kier alpha value is -2.40. The second-order valence-corrected chi connectivity index (χ2v) is 4.31. The van der Waals surface area contributed by atoms with E-state index in [0.717, 1.165) is 11.2 Å². The third-order valence-corrected chi connectivity index (χ3v) is 2.98. The van der Waals surface area contributed by atoms with Gasteiger partial charge in [-0.25, -0.2) is 9.37 Å². The molecule has 3 aromatic rings. The number of hydrogen-bond acceptors (Lipinski definition) is 3. The maximum atomic E-state index is 13.3. The highest BCUT2D eigenvalue weighted by atomic mass is 19.1. The second-order valence-electron chi connectivity index (χ2n) is 4.31. The van der Waals surface area contributed by atoms with Gasteiger partial charge in [-0.1, -0.05) is 0 Å². The molecule has 0 aliphatic heterocycles. The van der Waals surface area contributed by atoms with Crippen LogP contribution in [0, 0.1) is 5.82 Å². The largest absolute Gasteiger partial charge is 0.491 e. The SMILES string of the molecule is OCCOc1ccc(-n2cnc3ccc(F)cc32)cc1. The summed E-state index contributed by atoms with van der Waals surface area (Å²) in [5.74, 6) is 0.389. The highest BCUT2D eigenvalue weighted by molar-refractivity contribution is 5.77. The van der Waals surface area contributed by atoms with Gasteiger partial charge in [0.1, 0.15) is 24.5 Å². The molecule has 3 rings (SSSR count). The van der Waals surface area contributed by atoms with Gasteiger partial charge in [-0.2, -0.15) is 0 Å². The van der Waals surface area contributed by atoms with Gasteiger partial charge in [-0.05, 0) is 36.4 Å². The van der Waals surface area contributed by atoms with Crippen LogP contribution in [0.4, 0.5) is 4.39 Å². The van der Waals surface area contributed by atoms with Crippen molar-refractivity contribution in [3.8, 4) is 11.4 Å². The molecule has 1 heterocycles. The van der Waals surface area contributed by atoms with Crippen LogP contribution in [0.2, 0.25) is 0 Å². The first-order chi connectivity index (χ1) is 9.78. The number of fused-ring (bicyclic) bond motifs is 1. The van der Waals surface area contributed by atoms with Crippen molar-refractivity contribution in [3.63, 3.8) is 0 Å². The molecule has 0 amide bonds. The van der Waals surface area contributed by atoms with Gasteiger partial charge in [-0.15, -0.1) is 0 Å². The minimum absolute atomic E-state index is 0.0206. The summed E-state index contributed by atoms with van der Waals surface area (Å²) < 4.78 is 20.4. The molecule has 1 N–H and O–H groups in total. The summed E-state index contributed by atoms with van der Waals surface area (Å²) in [6, 6.07) is 11.8. The van der Waals surface area contributed by atoms with E-state index in [1.54, 1.807) is 24.5 Å². The molecule has 0 aliphatic carbocycles. The fourth-order valence-electron chi connectivity index (χ4n) is 2.05. The lowest BCUT2D eigenvalue weighted by Gasteiger charge is -2.07. The normalized spacial score (nSPS) is 10.9. The number of aliphatic hydroxyl groups is 1. The quantitative estimate of drug-likeness (QED) is 0.794. The fraction of sp³-hybridized carbons (Fsp3) is 0.133. The van der Waals surface area contributed by atoms with Crippen molar-refractivity contribution in [2.45, 2.75) is 0 Å². The van der Waals surface area contributed by atoms with E-state index in [4.69, 9.17) is 9.84 Å². The predicted octanol–water partition coefficient (Wildman–Crippen LogP) is 2.54. The molecule has 2 aromatic carbocycles. The van der Waals surface area contributed by atoms with Crippen LogP contribution in [0.1, 0.15) is 0 Å². The van der Waals surface area contributed by atoms with Crippen LogP contribution in [-0.2, 0) is 0 Å². The van der Waals surface area contributed by atoms with Gasteiger partial charge in [0.2, 0.25) is 0 Å². The number of ether oxygens (including phenoxy) is 1. The van der Waals surface area contributed by atoms with E-state index in [1.807, 2.05) is 16.7 Å². The van der Waals surface area contributed by atoms with Crippen LogP contribution in [0.15, 0.2) is 48.8 Å². The monoisotopic (exact) mass is 272 g/mol. The van der Waals surface area contributed by atoms with Crippen molar-refractivity contribution in [3.05, 3.63) is 54.6 Å².